The van der Waals surface area contributed by atoms with Gasteiger partial charge in [0, 0.05) is 12.8 Å². The summed E-state index contributed by atoms with van der Waals surface area (Å²) in [5.74, 6) is -2.00. The Hall–Kier alpha value is -2.75. The van der Waals surface area contributed by atoms with Crippen molar-refractivity contribution in [1.29, 1.82) is 0 Å². The van der Waals surface area contributed by atoms with E-state index in [2.05, 4.69) is 62.5 Å². The SMILES string of the molecule is CC/C=C\C/C=C\C/C=C\C/C=C\CCCCCCCCCCCCC(=O)OC(COC(=O)CCCCCCCCCCCCCCCCCCCCCCCC)COC(OCC[N+](C)(C)C)C(=O)O. The van der Waals surface area contributed by atoms with E-state index in [1.165, 1.54) is 161 Å². The Bertz CT molecular complexity index is 1290. The monoisotopic (exact) mass is 987 g/mol. The van der Waals surface area contributed by atoms with Crippen LogP contribution in [0.1, 0.15) is 264 Å². The minimum Gasteiger partial charge on any atom is -0.477 e. The van der Waals surface area contributed by atoms with Crippen LogP contribution in [0.25, 0.3) is 0 Å². The summed E-state index contributed by atoms with van der Waals surface area (Å²) in [6.07, 6.45) is 61.8. The molecule has 0 heterocycles. The van der Waals surface area contributed by atoms with Crippen molar-refractivity contribution in [2.24, 2.45) is 0 Å². The number of unbranched alkanes of at least 4 members (excludes halogenated alkanes) is 31. The summed E-state index contributed by atoms with van der Waals surface area (Å²) in [5.41, 5.74) is 0. The van der Waals surface area contributed by atoms with Crippen LogP contribution in [0, 0.1) is 0 Å². The molecule has 0 aliphatic rings. The van der Waals surface area contributed by atoms with Crippen molar-refractivity contribution >= 4 is 17.9 Å². The maximum absolute atomic E-state index is 12.9. The first-order valence-corrected chi connectivity index (χ1v) is 29.3. The van der Waals surface area contributed by atoms with Crippen LogP contribution in [-0.2, 0) is 33.3 Å². The molecule has 0 aromatic carbocycles. The van der Waals surface area contributed by atoms with Gasteiger partial charge in [0.05, 0.1) is 34.4 Å². The fourth-order valence-electron chi connectivity index (χ4n) is 8.36. The normalized spacial score (nSPS) is 13.1. The average Bonchev–Trinajstić information content (AvgIpc) is 3.33. The Morgan fingerprint density at radius 1 is 0.443 bits per heavy atom. The summed E-state index contributed by atoms with van der Waals surface area (Å²) < 4.78 is 22.9. The van der Waals surface area contributed by atoms with E-state index in [0.29, 0.717) is 17.4 Å². The molecule has 0 amide bonds. The van der Waals surface area contributed by atoms with E-state index < -0.39 is 24.3 Å². The summed E-state index contributed by atoms with van der Waals surface area (Å²) >= 11 is 0. The quantitative estimate of drug-likeness (QED) is 0.0211. The first-order valence-electron chi connectivity index (χ1n) is 29.3. The van der Waals surface area contributed by atoms with E-state index in [-0.39, 0.29) is 32.2 Å². The van der Waals surface area contributed by atoms with Crippen molar-refractivity contribution in [3.05, 3.63) is 48.6 Å². The largest absolute Gasteiger partial charge is 0.477 e. The zero-order chi connectivity index (χ0) is 51.3. The number of likely N-dealkylation sites (N-methyl/N-ethyl adjacent to an activating group) is 1. The number of carbonyl (C=O) groups excluding carboxylic acids is 2. The van der Waals surface area contributed by atoms with E-state index in [4.69, 9.17) is 18.9 Å². The van der Waals surface area contributed by atoms with Gasteiger partial charge in [-0.1, -0.05) is 249 Å². The van der Waals surface area contributed by atoms with Crippen LogP contribution in [0.2, 0.25) is 0 Å². The molecule has 0 bridgehead atoms. The van der Waals surface area contributed by atoms with Gasteiger partial charge >= 0.3 is 17.9 Å². The van der Waals surface area contributed by atoms with Crippen molar-refractivity contribution in [3.63, 3.8) is 0 Å². The van der Waals surface area contributed by atoms with Crippen molar-refractivity contribution in [2.45, 2.75) is 277 Å². The molecule has 0 saturated heterocycles. The average molecular weight is 988 g/mol. The fraction of sp³-hybridized carbons (Fsp3) is 0.820. The van der Waals surface area contributed by atoms with Gasteiger partial charge in [-0.15, -0.1) is 0 Å². The number of nitrogens with zero attached hydrogens (tertiary/aromatic N) is 1. The summed E-state index contributed by atoms with van der Waals surface area (Å²) in [5, 5.41) is 9.70. The number of hydrogen-bond acceptors (Lipinski definition) is 7. The van der Waals surface area contributed by atoms with Crippen molar-refractivity contribution in [2.75, 3.05) is 47.5 Å². The van der Waals surface area contributed by atoms with Crippen LogP contribution >= 0.6 is 0 Å². The highest BCUT2D eigenvalue weighted by Gasteiger charge is 2.25. The third-order valence-corrected chi connectivity index (χ3v) is 12.8. The highest BCUT2D eigenvalue weighted by molar-refractivity contribution is 5.71. The predicted molar refractivity (Wildman–Crippen MR) is 295 cm³/mol. The molecule has 0 rings (SSSR count). The lowest BCUT2D eigenvalue weighted by Gasteiger charge is -2.25. The molecular formula is C61H112NO8+. The summed E-state index contributed by atoms with van der Waals surface area (Å²) in [6, 6.07) is 0. The van der Waals surface area contributed by atoms with Gasteiger partial charge in [-0.25, -0.2) is 4.79 Å². The van der Waals surface area contributed by atoms with Gasteiger partial charge in [0.15, 0.2) is 6.10 Å². The number of rotatable bonds is 54. The number of carbonyl (C=O) groups is 3. The second kappa shape index (κ2) is 52.6. The fourth-order valence-corrected chi connectivity index (χ4v) is 8.36. The van der Waals surface area contributed by atoms with Crippen molar-refractivity contribution in [1.82, 2.24) is 0 Å². The third kappa shape index (κ3) is 53.1. The molecule has 2 unspecified atom stereocenters. The van der Waals surface area contributed by atoms with Gasteiger partial charge in [0.1, 0.15) is 13.2 Å². The Labute approximate surface area is 432 Å². The molecule has 0 spiro atoms. The lowest BCUT2D eigenvalue weighted by molar-refractivity contribution is -0.870. The Balaban J connectivity index is 4.23. The minimum atomic E-state index is -1.51. The summed E-state index contributed by atoms with van der Waals surface area (Å²) in [4.78, 5) is 37.4. The van der Waals surface area contributed by atoms with Gasteiger partial charge in [0.2, 0.25) is 0 Å². The van der Waals surface area contributed by atoms with Crippen LogP contribution in [0.4, 0.5) is 0 Å². The van der Waals surface area contributed by atoms with Crippen molar-refractivity contribution in [3.8, 4) is 0 Å². The van der Waals surface area contributed by atoms with Gasteiger partial charge in [0.25, 0.3) is 6.29 Å². The minimum absolute atomic E-state index is 0.181. The smallest absolute Gasteiger partial charge is 0.361 e. The maximum atomic E-state index is 12.9. The number of aliphatic carboxylic acids is 1. The summed E-state index contributed by atoms with van der Waals surface area (Å²) in [6.45, 7) is 4.80. The van der Waals surface area contributed by atoms with E-state index in [1.807, 2.05) is 21.1 Å². The van der Waals surface area contributed by atoms with E-state index >= 15 is 0 Å². The molecule has 0 radical (unpaired) electrons. The first kappa shape index (κ1) is 67.2. The highest BCUT2D eigenvalue weighted by Crippen LogP contribution is 2.17. The molecule has 0 aliphatic heterocycles. The van der Waals surface area contributed by atoms with Crippen molar-refractivity contribution < 1.29 is 42.9 Å². The number of carboxylic acid groups (broad SMARTS) is 1. The molecular weight excluding hydrogens is 875 g/mol. The molecule has 408 valence electrons. The topological polar surface area (TPSA) is 108 Å². The molecule has 9 heteroatoms. The van der Waals surface area contributed by atoms with Crippen LogP contribution in [-0.4, -0.2) is 87.4 Å². The molecule has 2 atom stereocenters. The standard InChI is InChI=1S/C61H111NO8/c1-6-8-10-12-14-16-18-20-22-24-26-28-30-32-34-36-38-40-42-44-46-48-50-52-59(64)70-57(56-69-61(60(65)66)67-54-53-62(3,4)5)55-68-58(63)51-49-47-45-43-41-39-37-35-33-31-29-27-25-23-21-19-17-15-13-11-9-7-2/h8,10,14,16,20,22,26,28,57,61H,6-7,9,11-13,15,17-19,21,23-25,27,29-56H2,1-5H3/p+1/b10-8-,16-14-,22-20-,28-26-. The van der Waals surface area contributed by atoms with Gasteiger partial charge in [-0.3, -0.25) is 9.59 Å². The predicted octanol–water partition coefficient (Wildman–Crippen LogP) is 17.1. The Morgan fingerprint density at radius 2 is 0.814 bits per heavy atom. The van der Waals surface area contributed by atoms with E-state index in [1.54, 1.807) is 0 Å². The number of ether oxygens (including phenoxy) is 4. The van der Waals surface area contributed by atoms with Gasteiger partial charge < -0.3 is 28.5 Å². The van der Waals surface area contributed by atoms with E-state index in [0.717, 1.165) is 77.0 Å². The second-order valence-corrected chi connectivity index (χ2v) is 20.9. The molecule has 70 heavy (non-hydrogen) atoms. The summed E-state index contributed by atoms with van der Waals surface area (Å²) in [7, 11) is 5.97. The Morgan fingerprint density at radius 3 is 1.21 bits per heavy atom. The molecule has 1 N–H and O–H groups in total. The zero-order valence-corrected chi connectivity index (χ0v) is 46.4. The number of esters is 2. The van der Waals surface area contributed by atoms with E-state index in [9.17, 15) is 19.5 Å². The third-order valence-electron chi connectivity index (χ3n) is 12.8. The number of allylic oxidation sites excluding steroid dienone is 8. The van der Waals surface area contributed by atoms with Crippen LogP contribution < -0.4 is 0 Å². The van der Waals surface area contributed by atoms with Gasteiger partial charge in [-0.2, -0.15) is 0 Å². The lowest BCUT2D eigenvalue weighted by Crippen LogP contribution is -2.40. The zero-order valence-electron chi connectivity index (χ0n) is 46.4. The number of quaternary nitrogens is 1. The van der Waals surface area contributed by atoms with Crippen LogP contribution in [0.15, 0.2) is 48.6 Å². The van der Waals surface area contributed by atoms with Crippen LogP contribution in [0.3, 0.4) is 0 Å². The lowest BCUT2D eigenvalue weighted by atomic mass is 10.0. The molecule has 0 saturated carbocycles. The number of carboxylic acids is 1. The molecule has 0 aromatic rings. The maximum Gasteiger partial charge on any atom is 0.361 e. The molecule has 0 aliphatic carbocycles. The molecule has 9 nitrogen and oxygen atoms in total. The molecule has 0 fully saturated rings. The molecule has 0 aromatic heterocycles. The number of hydrogen-bond donors (Lipinski definition) is 1. The second-order valence-electron chi connectivity index (χ2n) is 20.9. The highest BCUT2D eigenvalue weighted by atomic mass is 16.7. The first-order chi connectivity index (χ1) is 34.1. The Kier molecular flexibility index (Phi) is 50.5. The van der Waals surface area contributed by atoms with Gasteiger partial charge in [-0.05, 0) is 51.4 Å². The van der Waals surface area contributed by atoms with Crippen LogP contribution in [0.5, 0.6) is 0 Å².